The number of rotatable bonds is 4. The third-order valence-corrected chi connectivity index (χ3v) is 3.43. The van der Waals surface area contributed by atoms with E-state index in [-0.39, 0.29) is 0 Å². The second kappa shape index (κ2) is 6.88. The molecule has 3 heteroatoms. The molecule has 0 saturated carbocycles. The first-order chi connectivity index (χ1) is 7.63. The zero-order valence-electron chi connectivity index (χ0n) is 10.9. The van der Waals surface area contributed by atoms with Crippen LogP contribution in [0.1, 0.15) is 33.1 Å². The topological polar surface area (TPSA) is 30.3 Å². The van der Waals surface area contributed by atoms with Gasteiger partial charge in [0, 0.05) is 12.6 Å². The standard InChI is InChI=1S/C13H25N3/c1-12(2)6-10-16-9-4-8-15(3)13(11-16)5-7-14/h12-13H,4-6,8-11H2,1-3H3. The maximum absolute atomic E-state index is 8.84. The molecule has 1 rings (SSSR count). The van der Waals surface area contributed by atoms with E-state index < -0.39 is 0 Å². The van der Waals surface area contributed by atoms with Gasteiger partial charge in [-0.15, -0.1) is 0 Å². The number of nitriles is 1. The molecule has 0 aliphatic carbocycles. The van der Waals surface area contributed by atoms with Crippen LogP contribution in [0.2, 0.25) is 0 Å². The van der Waals surface area contributed by atoms with E-state index in [0.29, 0.717) is 12.5 Å². The van der Waals surface area contributed by atoms with Gasteiger partial charge in [-0.1, -0.05) is 13.8 Å². The Balaban J connectivity index is 2.44. The highest BCUT2D eigenvalue weighted by Gasteiger charge is 2.21. The van der Waals surface area contributed by atoms with Crippen LogP contribution >= 0.6 is 0 Å². The minimum absolute atomic E-state index is 0.430. The first-order valence-electron chi connectivity index (χ1n) is 6.43. The molecular formula is C13H25N3. The molecule has 16 heavy (non-hydrogen) atoms. The van der Waals surface area contributed by atoms with Crippen molar-refractivity contribution in [3.63, 3.8) is 0 Å². The molecular weight excluding hydrogens is 198 g/mol. The van der Waals surface area contributed by atoms with Crippen LogP contribution in [0.3, 0.4) is 0 Å². The summed E-state index contributed by atoms with van der Waals surface area (Å²) in [5.41, 5.74) is 0. The van der Waals surface area contributed by atoms with Crippen molar-refractivity contribution in [1.82, 2.24) is 9.80 Å². The van der Waals surface area contributed by atoms with Crippen molar-refractivity contribution < 1.29 is 0 Å². The van der Waals surface area contributed by atoms with Crippen molar-refractivity contribution in [3.8, 4) is 6.07 Å². The van der Waals surface area contributed by atoms with Gasteiger partial charge in [-0.25, -0.2) is 0 Å². The molecule has 0 aromatic rings. The van der Waals surface area contributed by atoms with Crippen molar-refractivity contribution in [2.45, 2.75) is 39.2 Å². The van der Waals surface area contributed by atoms with Crippen molar-refractivity contribution in [1.29, 1.82) is 5.26 Å². The summed E-state index contributed by atoms with van der Waals surface area (Å²) in [6, 6.07) is 2.74. The maximum atomic E-state index is 8.84. The zero-order chi connectivity index (χ0) is 12.0. The molecule has 1 heterocycles. The van der Waals surface area contributed by atoms with Crippen molar-refractivity contribution in [2.24, 2.45) is 5.92 Å². The van der Waals surface area contributed by atoms with Gasteiger partial charge in [-0.05, 0) is 45.4 Å². The number of nitrogens with zero attached hydrogens (tertiary/aromatic N) is 3. The Kier molecular flexibility index (Phi) is 5.79. The van der Waals surface area contributed by atoms with Crippen LogP contribution in [0.25, 0.3) is 0 Å². The Morgan fingerprint density at radius 2 is 2.12 bits per heavy atom. The first-order valence-corrected chi connectivity index (χ1v) is 6.43. The SMILES string of the molecule is CC(C)CCN1CCCN(C)C(CC#N)C1. The Morgan fingerprint density at radius 3 is 2.75 bits per heavy atom. The Morgan fingerprint density at radius 1 is 1.38 bits per heavy atom. The fourth-order valence-corrected chi connectivity index (χ4v) is 2.22. The van der Waals surface area contributed by atoms with Crippen molar-refractivity contribution in [3.05, 3.63) is 0 Å². The lowest BCUT2D eigenvalue weighted by atomic mass is 10.1. The second-order valence-corrected chi connectivity index (χ2v) is 5.33. The van der Waals surface area contributed by atoms with E-state index in [1.807, 2.05) is 0 Å². The molecule has 1 saturated heterocycles. The third kappa shape index (κ3) is 4.51. The molecule has 1 aliphatic heterocycles. The lowest BCUT2D eigenvalue weighted by Gasteiger charge is -2.27. The lowest BCUT2D eigenvalue weighted by Crippen LogP contribution is -2.39. The van der Waals surface area contributed by atoms with Gasteiger partial charge in [-0.3, -0.25) is 0 Å². The van der Waals surface area contributed by atoms with E-state index in [1.165, 1.54) is 25.9 Å². The van der Waals surface area contributed by atoms with Crippen LogP contribution in [-0.4, -0.2) is 49.1 Å². The van der Waals surface area contributed by atoms with Gasteiger partial charge in [0.2, 0.25) is 0 Å². The molecule has 1 unspecified atom stereocenters. The molecule has 92 valence electrons. The predicted molar refractivity (Wildman–Crippen MR) is 67.2 cm³/mol. The first kappa shape index (κ1) is 13.5. The molecule has 3 nitrogen and oxygen atoms in total. The highest BCUT2D eigenvalue weighted by molar-refractivity contribution is 4.86. The smallest absolute Gasteiger partial charge is 0.0638 e. The Bertz CT molecular complexity index is 232. The molecule has 1 fully saturated rings. The van der Waals surface area contributed by atoms with Crippen LogP contribution in [-0.2, 0) is 0 Å². The van der Waals surface area contributed by atoms with Crippen molar-refractivity contribution in [2.75, 3.05) is 33.2 Å². The van der Waals surface area contributed by atoms with Crippen LogP contribution < -0.4 is 0 Å². The van der Waals surface area contributed by atoms with Gasteiger partial charge in [0.15, 0.2) is 0 Å². The van der Waals surface area contributed by atoms with Crippen LogP contribution in [0.4, 0.5) is 0 Å². The maximum Gasteiger partial charge on any atom is 0.0638 e. The van der Waals surface area contributed by atoms with E-state index in [4.69, 9.17) is 5.26 Å². The summed E-state index contributed by atoms with van der Waals surface area (Å²) in [5.74, 6) is 0.774. The zero-order valence-corrected chi connectivity index (χ0v) is 10.9. The largest absolute Gasteiger partial charge is 0.302 e. The lowest BCUT2D eigenvalue weighted by molar-refractivity contribution is 0.203. The summed E-state index contributed by atoms with van der Waals surface area (Å²) >= 11 is 0. The molecule has 0 spiro atoms. The molecule has 0 aromatic carbocycles. The van der Waals surface area contributed by atoms with Gasteiger partial charge in [-0.2, -0.15) is 5.26 Å². The van der Waals surface area contributed by atoms with Crippen molar-refractivity contribution >= 4 is 0 Å². The normalized spacial score (nSPS) is 24.3. The molecule has 1 aliphatic rings. The molecule has 0 aromatic heterocycles. The van der Waals surface area contributed by atoms with Crippen LogP contribution in [0.15, 0.2) is 0 Å². The summed E-state index contributed by atoms with van der Waals surface area (Å²) in [7, 11) is 2.15. The van der Waals surface area contributed by atoms with Crippen LogP contribution in [0, 0.1) is 17.2 Å². The average molecular weight is 223 g/mol. The van der Waals surface area contributed by atoms with Gasteiger partial charge >= 0.3 is 0 Å². The highest BCUT2D eigenvalue weighted by atomic mass is 15.2. The Labute approximate surface area is 100 Å². The fraction of sp³-hybridized carbons (Fsp3) is 0.923. The number of hydrogen-bond donors (Lipinski definition) is 0. The Hall–Kier alpha value is -0.590. The molecule has 0 amide bonds. The fourth-order valence-electron chi connectivity index (χ4n) is 2.22. The quantitative estimate of drug-likeness (QED) is 0.730. The minimum atomic E-state index is 0.430. The summed E-state index contributed by atoms with van der Waals surface area (Å²) in [4.78, 5) is 4.88. The summed E-state index contributed by atoms with van der Waals surface area (Å²) < 4.78 is 0. The second-order valence-electron chi connectivity index (χ2n) is 5.33. The summed E-state index contributed by atoms with van der Waals surface area (Å²) in [6.45, 7) is 9.13. The van der Waals surface area contributed by atoms with E-state index in [2.05, 4.69) is 36.8 Å². The highest BCUT2D eigenvalue weighted by Crippen LogP contribution is 2.12. The molecule has 0 N–H and O–H groups in total. The minimum Gasteiger partial charge on any atom is -0.302 e. The number of hydrogen-bond acceptors (Lipinski definition) is 3. The van der Waals surface area contributed by atoms with E-state index >= 15 is 0 Å². The van der Waals surface area contributed by atoms with Crippen LogP contribution in [0.5, 0.6) is 0 Å². The summed E-state index contributed by atoms with van der Waals surface area (Å²) in [5, 5.41) is 8.84. The molecule has 0 radical (unpaired) electrons. The summed E-state index contributed by atoms with van der Waals surface area (Å²) in [6.07, 6.45) is 3.16. The number of likely N-dealkylation sites (N-methyl/N-ethyl adjacent to an activating group) is 1. The van der Waals surface area contributed by atoms with E-state index in [1.54, 1.807) is 0 Å². The van der Waals surface area contributed by atoms with Gasteiger partial charge in [0.25, 0.3) is 0 Å². The third-order valence-electron chi connectivity index (χ3n) is 3.43. The average Bonchev–Trinajstić information content (AvgIpc) is 2.39. The molecule has 1 atom stereocenters. The molecule has 0 bridgehead atoms. The monoisotopic (exact) mass is 223 g/mol. The van der Waals surface area contributed by atoms with Gasteiger partial charge < -0.3 is 9.80 Å². The van der Waals surface area contributed by atoms with E-state index in [9.17, 15) is 0 Å². The predicted octanol–water partition coefficient (Wildman–Crippen LogP) is 1.95. The van der Waals surface area contributed by atoms with E-state index in [0.717, 1.165) is 19.0 Å². The van der Waals surface area contributed by atoms with Gasteiger partial charge in [0.1, 0.15) is 0 Å². The van der Waals surface area contributed by atoms with Gasteiger partial charge in [0.05, 0.1) is 12.5 Å².